The molecule has 0 spiro atoms. The summed E-state index contributed by atoms with van der Waals surface area (Å²) in [7, 11) is 0. The van der Waals surface area contributed by atoms with Crippen LogP contribution in [0.5, 0.6) is 5.75 Å². The first kappa shape index (κ1) is 17.7. The number of ether oxygens (including phenoxy) is 2. The number of rotatable bonds is 7. The van der Waals surface area contributed by atoms with E-state index < -0.39 is 5.97 Å². The van der Waals surface area contributed by atoms with Crippen LogP contribution in [0.3, 0.4) is 0 Å². The molecule has 0 bridgehead atoms. The van der Waals surface area contributed by atoms with Crippen molar-refractivity contribution in [3.63, 3.8) is 0 Å². The Labute approximate surface area is 144 Å². The minimum absolute atomic E-state index is 0.127. The molecule has 0 aliphatic carbocycles. The van der Waals surface area contributed by atoms with E-state index in [1.54, 1.807) is 13.0 Å². The van der Waals surface area contributed by atoms with E-state index in [9.17, 15) is 9.59 Å². The molecule has 1 amide bonds. The number of thiazole rings is 1. The third-order valence-corrected chi connectivity index (χ3v) is 3.97. The predicted molar refractivity (Wildman–Crippen MR) is 92.6 cm³/mol. The maximum absolute atomic E-state index is 11.9. The lowest BCUT2D eigenvalue weighted by Gasteiger charge is -2.06. The summed E-state index contributed by atoms with van der Waals surface area (Å²) in [6.07, 6.45) is 1.49. The van der Waals surface area contributed by atoms with Crippen LogP contribution in [-0.2, 0) is 9.53 Å². The molecular weight excluding hydrogens is 328 g/mol. The second-order valence-corrected chi connectivity index (χ2v) is 5.97. The van der Waals surface area contributed by atoms with Crippen molar-refractivity contribution in [3.8, 4) is 5.75 Å². The smallest absolute Gasteiger partial charge is 0.350 e. The Morgan fingerprint density at radius 1 is 1.38 bits per heavy atom. The van der Waals surface area contributed by atoms with Gasteiger partial charge < -0.3 is 9.47 Å². The molecule has 2 rings (SSSR count). The molecule has 1 heterocycles. The number of amides is 1. The summed E-state index contributed by atoms with van der Waals surface area (Å²) in [5, 5.41) is 2.94. The highest BCUT2D eigenvalue weighted by Gasteiger charge is 2.17. The largest absolute Gasteiger partial charge is 0.484 e. The molecule has 2 aromatic rings. The fraction of sp³-hybridized carbons (Fsp3) is 0.235. The van der Waals surface area contributed by atoms with Crippen LogP contribution in [0, 0.1) is 13.8 Å². The first-order valence-corrected chi connectivity index (χ1v) is 8.06. The van der Waals surface area contributed by atoms with Gasteiger partial charge in [0.1, 0.15) is 17.2 Å². The Morgan fingerprint density at radius 2 is 2.17 bits per heavy atom. The molecule has 1 N–H and O–H groups in total. The standard InChI is InChI=1S/C17H18N2O4S/c1-4-8-22-16(21)15-12(3)18-17(24-15)19-14(20)10-23-13-7-5-6-11(2)9-13/h4-7,9H,1,8,10H2,2-3H3,(H,18,19,20). The molecule has 0 radical (unpaired) electrons. The molecule has 1 aromatic carbocycles. The third kappa shape index (κ3) is 4.92. The molecule has 126 valence electrons. The van der Waals surface area contributed by atoms with E-state index in [4.69, 9.17) is 9.47 Å². The van der Waals surface area contributed by atoms with E-state index in [1.165, 1.54) is 6.08 Å². The van der Waals surface area contributed by atoms with E-state index in [0.717, 1.165) is 16.9 Å². The molecule has 0 saturated heterocycles. The fourth-order valence-corrected chi connectivity index (χ4v) is 2.73. The van der Waals surface area contributed by atoms with Gasteiger partial charge in [0.05, 0.1) is 5.69 Å². The lowest BCUT2D eigenvalue weighted by Crippen LogP contribution is -2.20. The van der Waals surface area contributed by atoms with E-state index in [1.807, 2.05) is 25.1 Å². The second-order valence-electron chi connectivity index (χ2n) is 4.97. The van der Waals surface area contributed by atoms with Gasteiger partial charge in [0.25, 0.3) is 5.91 Å². The minimum Gasteiger partial charge on any atom is -0.484 e. The molecule has 0 saturated carbocycles. The van der Waals surface area contributed by atoms with Crippen LogP contribution >= 0.6 is 11.3 Å². The van der Waals surface area contributed by atoms with Gasteiger partial charge >= 0.3 is 5.97 Å². The van der Waals surface area contributed by atoms with Crippen LogP contribution in [0.4, 0.5) is 5.13 Å². The summed E-state index contributed by atoms with van der Waals surface area (Å²) in [5.41, 5.74) is 1.55. The zero-order valence-corrected chi connectivity index (χ0v) is 14.3. The number of aromatic nitrogens is 1. The average Bonchev–Trinajstić information content (AvgIpc) is 2.91. The molecule has 0 atom stereocenters. The summed E-state index contributed by atoms with van der Waals surface area (Å²) >= 11 is 1.06. The van der Waals surface area contributed by atoms with Gasteiger partial charge in [-0.1, -0.05) is 36.1 Å². The highest BCUT2D eigenvalue weighted by molar-refractivity contribution is 7.17. The minimum atomic E-state index is -0.485. The number of nitrogens with zero attached hydrogens (tertiary/aromatic N) is 1. The number of aryl methyl sites for hydroxylation is 2. The van der Waals surface area contributed by atoms with Crippen LogP contribution in [0.2, 0.25) is 0 Å². The summed E-state index contributed by atoms with van der Waals surface area (Å²) < 4.78 is 10.4. The van der Waals surface area contributed by atoms with Gasteiger partial charge in [-0.25, -0.2) is 9.78 Å². The summed E-state index contributed by atoms with van der Waals surface area (Å²) in [6, 6.07) is 7.42. The number of benzene rings is 1. The van der Waals surface area contributed by atoms with Crippen LogP contribution in [-0.4, -0.2) is 30.1 Å². The van der Waals surface area contributed by atoms with Gasteiger partial charge in [0.15, 0.2) is 11.7 Å². The predicted octanol–water partition coefficient (Wildman–Crippen LogP) is 3.12. The van der Waals surface area contributed by atoms with Crippen molar-refractivity contribution in [3.05, 3.63) is 53.1 Å². The van der Waals surface area contributed by atoms with Gasteiger partial charge in [-0.15, -0.1) is 0 Å². The van der Waals surface area contributed by atoms with E-state index in [-0.39, 0.29) is 19.1 Å². The molecule has 0 aliphatic rings. The second kappa shape index (κ2) is 8.26. The Kier molecular flexibility index (Phi) is 6.08. The monoisotopic (exact) mass is 346 g/mol. The van der Waals surface area contributed by atoms with Crippen molar-refractivity contribution in [2.45, 2.75) is 13.8 Å². The average molecular weight is 346 g/mol. The summed E-state index contributed by atoms with van der Waals surface area (Å²) in [4.78, 5) is 28.3. The van der Waals surface area contributed by atoms with Crippen molar-refractivity contribution >= 4 is 28.3 Å². The molecule has 0 fully saturated rings. The zero-order chi connectivity index (χ0) is 17.5. The highest BCUT2D eigenvalue weighted by Crippen LogP contribution is 2.23. The normalized spacial score (nSPS) is 10.1. The van der Waals surface area contributed by atoms with Crippen LogP contribution < -0.4 is 10.1 Å². The first-order chi connectivity index (χ1) is 11.5. The van der Waals surface area contributed by atoms with E-state index in [2.05, 4.69) is 16.9 Å². The summed E-state index contributed by atoms with van der Waals surface area (Å²) in [5.74, 6) is -0.216. The molecule has 1 aromatic heterocycles. The molecule has 24 heavy (non-hydrogen) atoms. The number of hydrogen-bond acceptors (Lipinski definition) is 6. The van der Waals surface area contributed by atoms with Gasteiger partial charge in [0.2, 0.25) is 0 Å². The van der Waals surface area contributed by atoms with Crippen LogP contribution in [0.25, 0.3) is 0 Å². The number of esters is 1. The van der Waals surface area contributed by atoms with Crippen LogP contribution in [0.15, 0.2) is 36.9 Å². The lowest BCUT2D eigenvalue weighted by atomic mass is 10.2. The van der Waals surface area contributed by atoms with Crippen molar-refractivity contribution in [2.75, 3.05) is 18.5 Å². The quantitative estimate of drug-likeness (QED) is 0.616. The maximum Gasteiger partial charge on any atom is 0.350 e. The SMILES string of the molecule is C=CCOC(=O)c1sc(NC(=O)COc2cccc(C)c2)nc1C. The topological polar surface area (TPSA) is 77.5 Å². The Bertz CT molecular complexity index is 755. The Hall–Kier alpha value is -2.67. The maximum atomic E-state index is 11.9. The van der Waals surface area contributed by atoms with Gasteiger partial charge in [-0.3, -0.25) is 10.1 Å². The van der Waals surface area contributed by atoms with Crippen molar-refractivity contribution < 1.29 is 19.1 Å². The van der Waals surface area contributed by atoms with E-state index >= 15 is 0 Å². The number of hydrogen-bond donors (Lipinski definition) is 1. The van der Waals surface area contributed by atoms with Crippen molar-refractivity contribution in [1.82, 2.24) is 4.98 Å². The van der Waals surface area contributed by atoms with Gasteiger partial charge in [0, 0.05) is 0 Å². The highest BCUT2D eigenvalue weighted by atomic mass is 32.1. The van der Waals surface area contributed by atoms with Crippen LogP contribution in [0.1, 0.15) is 20.9 Å². The van der Waals surface area contributed by atoms with Gasteiger partial charge in [-0.05, 0) is 31.5 Å². The fourth-order valence-electron chi connectivity index (χ4n) is 1.85. The van der Waals surface area contributed by atoms with Crippen molar-refractivity contribution in [2.24, 2.45) is 0 Å². The van der Waals surface area contributed by atoms with Crippen molar-refractivity contribution in [1.29, 1.82) is 0 Å². The lowest BCUT2D eigenvalue weighted by molar-refractivity contribution is -0.118. The Balaban J connectivity index is 1.92. The molecule has 0 unspecified atom stereocenters. The molecular formula is C17H18N2O4S. The summed E-state index contributed by atoms with van der Waals surface area (Å²) in [6.45, 7) is 7.09. The molecule has 0 aliphatic heterocycles. The molecule has 6 nitrogen and oxygen atoms in total. The van der Waals surface area contributed by atoms with Gasteiger partial charge in [-0.2, -0.15) is 0 Å². The Morgan fingerprint density at radius 3 is 2.88 bits per heavy atom. The number of carbonyl (C=O) groups excluding carboxylic acids is 2. The third-order valence-electron chi connectivity index (χ3n) is 2.92. The molecule has 7 heteroatoms. The van der Waals surface area contributed by atoms with E-state index in [0.29, 0.717) is 21.5 Å². The number of carbonyl (C=O) groups is 2. The zero-order valence-electron chi connectivity index (χ0n) is 13.5. The first-order valence-electron chi connectivity index (χ1n) is 7.24. The number of anilines is 1. The number of nitrogens with one attached hydrogen (secondary N) is 1.